The molecule has 0 saturated carbocycles. The summed E-state index contributed by atoms with van der Waals surface area (Å²) in [6.07, 6.45) is 3.57. The SMILES string of the molecule is CCC(CC)NCC(C)N(C)CCc1ccccc1. The van der Waals surface area contributed by atoms with Gasteiger partial charge in [-0.1, -0.05) is 44.2 Å². The van der Waals surface area contributed by atoms with Crippen LogP contribution in [-0.4, -0.2) is 37.1 Å². The van der Waals surface area contributed by atoms with Gasteiger partial charge < -0.3 is 10.2 Å². The summed E-state index contributed by atoms with van der Waals surface area (Å²) in [6, 6.07) is 12.0. The Labute approximate surface area is 119 Å². The van der Waals surface area contributed by atoms with Gasteiger partial charge in [0.25, 0.3) is 0 Å². The van der Waals surface area contributed by atoms with E-state index >= 15 is 0 Å². The third kappa shape index (κ3) is 6.22. The molecule has 0 fully saturated rings. The largest absolute Gasteiger partial charge is 0.312 e. The van der Waals surface area contributed by atoms with Crippen LogP contribution < -0.4 is 5.32 Å². The highest BCUT2D eigenvalue weighted by molar-refractivity contribution is 5.14. The molecule has 2 nitrogen and oxygen atoms in total. The van der Waals surface area contributed by atoms with E-state index in [-0.39, 0.29) is 0 Å². The fourth-order valence-electron chi connectivity index (χ4n) is 2.24. The van der Waals surface area contributed by atoms with Crippen LogP contribution >= 0.6 is 0 Å². The van der Waals surface area contributed by atoms with Crippen molar-refractivity contribution in [1.82, 2.24) is 10.2 Å². The summed E-state index contributed by atoms with van der Waals surface area (Å²) in [6.45, 7) is 9.02. The van der Waals surface area contributed by atoms with Gasteiger partial charge in [-0.3, -0.25) is 0 Å². The fraction of sp³-hybridized carbons (Fsp3) is 0.647. The number of likely N-dealkylation sites (N-methyl/N-ethyl adjacent to an activating group) is 1. The van der Waals surface area contributed by atoms with Gasteiger partial charge in [-0.05, 0) is 38.8 Å². The average Bonchev–Trinajstić information content (AvgIpc) is 2.46. The standard InChI is InChI=1S/C17H30N2/c1-5-17(6-2)18-14-15(3)19(4)13-12-16-10-8-7-9-11-16/h7-11,15,17-18H,5-6,12-14H2,1-4H3. The molecule has 1 unspecified atom stereocenters. The zero-order valence-corrected chi connectivity index (χ0v) is 13.0. The molecule has 0 aliphatic rings. The zero-order chi connectivity index (χ0) is 14.1. The van der Waals surface area contributed by atoms with E-state index in [1.165, 1.54) is 18.4 Å². The molecule has 0 spiro atoms. The molecule has 0 amide bonds. The number of nitrogens with zero attached hydrogens (tertiary/aromatic N) is 1. The smallest absolute Gasteiger partial charge is 0.0189 e. The van der Waals surface area contributed by atoms with Crippen LogP contribution in [0.5, 0.6) is 0 Å². The van der Waals surface area contributed by atoms with Gasteiger partial charge in [-0.25, -0.2) is 0 Å². The van der Waals surface area contributed by atoms with Crippen LogP contribution in [0.4, 0.5) is 0 Å². The van der Waals surface area contributed by atoms with Crippen molar-refractivity contribution in [3.8, 4) is 0 Å². The molecule has 108 valence electrons. The summed E-state index contributed by atoms with van der Waals surface area (Å²) >= 11 is 0. The zero-order valence-electron chi connectivity index (χ0n) is 13.0. The molecule has 1 N–H and O–H groups in total. The molecule has 0 aliphatic heterocycles. The van der Waals surface area contributed by atoms with Crippen LogP contribution in [0.2, 0.25) is 0 Å². The van der Waals surface area contributed by atoms with Gasteiger partial charge in [0.05, 0.1) is 0 Å². The Kier molecular flexibility index (Phi) is 7.76. The van der Waals surface area contributed by atoms with Gasteiger partial charge in [0.1, 0.15) is 0 Å². The van der Waals surface area contributed by atoms with Crippen LogP contribution in [0.15, 0.2) is 30.3 Å². The minimum Gasteiger partial charge on any atom is -0.312 e. The van der Waals surface area contributed by atoms with Gasteiger partial charge in [0.2, 0.25) is 0 Å². The topological polar surface area (TPSA) is 15.3 Å². The van der Waals surface area contributed by atoms with E-state index in [2.05, 4.69) is 68.4 Å². The van der Waals surface area contributed by atoms with E-state index in [4.69, 9.17) is 0 Å². The molecule has 1 aromatic carbocycles. The van der Waals surface area contributed by atoms with Crippen molar-refractivity contribution in [1.29, 1.82) is 0 Å². The van der Waals surface area contributed by atoms with Gasteiger partial charge in [-0.15, -0.1) is 0 Å². The Morgan fingerprint density at radius 3 is 2.32 bits per heavy atom. The Hall–Kier alpha value is -0.860. The van der Waals surface area contributed by atoms with Crippen molar-refractivity contribution in [2.75, 3.05) is 20.1 Å². The third-order valence-corrected chi connectivity index (χ3v) is 4.04. The second kappa shape index (κ2) is 9.11. The van der Waals surface area contributed by atoms with E-state index in [9.17, 15) is 0 Å². The highest BCUT2D eigenvalue weighted by Crippen LogP contribution is 2.03. The average molecular weight is 262 g/mol. The number of hydrogen-bond donors (Lipinski definition) is 1. The molecule has 1 aromatic rings. The molecule has 0 radical (unpaired) electrons. The summed E-state index contributed by atoms with van der Waals surface area (Å²) in [5, 5.41) is 3.66. The molecule has 0 aliphatic carbocycles. The maximum absolute atomic E-state index is 3.66. The Bertz CT molecular complexity index is 319. The van der Waals surface area contributed by atoms with Crippen molar-refractivity contribution in [2.45, 2.75) is 52.1 Å². The molecule has 0 heterocycles. The van der Waals surface area contributed by atoms with Gasteiger partial charge >= 0.3 is 0 Å². The quantitative estimate of drug-likeness (QED) is 0.734. The van der Waals surface area contributed by atoms with Crippen LogP contribution in [-0.2, 0) is 6.42 Å². The van der Waals surface area contributed by atoms with E-state index in [0.717, 1.165) is 19.5 Å². The predicted molar refractivity (Wildman–Crippen MR) is 84.6 cm³/mol. The van der Waals surface area contributed by atoms with E-state index < -0.39 is 0 Å². The van der Waals surface area contributed by atoms with Crippen molar-refractivity contribution in [2.24, 2.45) is 0 Å². The van der Waals surface area contributed by atoms with Crippen LogP contribution in [0.25, 0.3) is 0 Å². The molecular weight excluding hydrogens is 232 g/mol. The van der Waals surface area contributed by atoms with Crippen molar-refractivity contribution in [3.63, 3.8) is 0 Å². The van der Waals surface area contributed by atoms with E-state index in [1.807, 2.05) is 0 Å². The molecule has 1 rings (SSSR count). The monoisotopic (exact) mass is 262 g/mol. The molecule has 0 aromatic heterocycles. The van der Waals surface area contributed by atoms with Gasteiger partial charge in [-0.2, -0.15) is 0 Å². The maximum atomic E-state index is 3.66. The maximum Gasteiger partial charge on any atom is 0.0189 e. The second-order valence-corrected chi connectivity index (χ2v) is 5.49. The predicted octanol–water partition coefficient (Wildman–Crippen LogP) is 3.33. The molecule has 19 heavy (non-hydrogen) atoms. The summed E-state index contributed by atoms with van der Waals surface area (Å²) in [5.74, 6) is 0. The van der Waals surface area contributed by atoms with E-state index in [0.29, 0.717) is 12.1 Å². The van der Waals surface area contributed by atoms with Crippen LogP contribution in [0.1, 0.15) is 39.2 Å². The lowest BCUT2D eigenvalue weighted by atomic mass is 10.1. The minimum atomic E-state index is 0.587. The molecular formula is C17H30N2. The third-order valence-electron chi connectivity index (χ3n) is 4.04. The first-order chi connectivity index (χ1) is 9.17. The van der Waals surface area contributed by atoms with Crippen molar-refractivity contribution < 1.29 is 0 Å². The van der Waals surface area contributed by atoms with Crippen molar-refractivity contribution >= 4 is 0 Å². The highest BCUT2D eigenvalue weighted by Gasteiger charge is 2.10. The number of rotatable bonds is 9. The lowest BCUT2D eigenvalue weighted by Crippen LogP contribution is -2.42. The Morgan fingerprint density at radius 1 is 1.11 bits per heavy atom. The first kappa shape index (κ1) is 16.2. The second-order valence-electron chi connectivity index (χ2n) is 5.49. The normalized spacial score (nSPS) is 13.2. The Morgan fingerprint density at radius 2 is 1.74 bits per heavy atom. The summed E-state index contributed by atoms with van der Waals surface area (Å²) in [5.41, 5.74) is 1.43. The Balaban J connectivity index is 2.26. The molecule has 1 atom stereocenters. The first-order valence-electron chi connectivity index (χ1n) is 7.64. The number of nitrogens with one attached hydrogen (secondary N) is 1. The summed E-state index contributed by atoms with van der Waals surface area (Å²) < 4.78 is 0. The lowest BCUT2D eigenvalue weighted by molar-refractivity contribution is 0.246. The molecule has 0 bridgehead atoms. The summed E-state index contributed by atoms with van der Waals surface area (Å²) in [7, 11) is 2.22. The lowest BCUT2D eigenvalue weighted by Gasteiger charge is -2.27. The summed E-state index contributed by atoms with van der Waals surface area (Å²) in [4.78, 5) is 2.45. The van der Waals surface area contributed by atoms with Crippen LogP contribution in [0, 0.1) is 0 Å². The van der Waals surface area contributed by atoms with Crippen molar-refractivity contribution in [3.05, 3.63) is 35.9 Å². The fourth-order valence-corrected chi connectivity index (χ4v) is 2.24. The van der Waals surface area contributed by atoms with Gasteiger partial charge in [0, 0.05) is 25.2 Å². The molecule has 2 heteroatoms. The van der Waals surface area contributed by atoms with Crippen LogP contribution in [0.3, 0.4) is 0 Å². The number of benzene rings is 1. The number of hydrogen-bond acceptors (Lipinski definition) is 2. The molecule has 0 saturated heterocycles. The van der Waals surface area contributed by atoms with E-state index in [1.54, 1.807) is 0 Å². The highest BCUT2D eigenvalue weighted by atomic mass is 15.1. The minimum absolute atomic E-state index is 0.587. The first-order valence-corrected chi connectivity index (χ1v) is 7.64. The van der Waals surface area contributed by atoms with Gasteiger partial charge in [0.15, 0.2) is 0 Å².